The zero-order valence-electron chi connectivity index (χ0n) is 14.6. The Labute approximate surface area is 140 Å². The van der Waals surface area contributed by atoms with E-state index in [1.54, 1.807) is 11.6 Å². The number of hydrogen-bond donors (Lipinski definition) is 0. The highest BCUT2D eigenvalue weighted by atomic mass is 16.5. The summed E-state index contributed by atoms with van der Waals surface area (Å²) in [6.45, 7) is 3.24. The number of aromatic nitrogens is 2. The second kappa shape index (κ2) is 6.19. The molecule has 1 unspecified atom stereocenters. The summed E-state index contributed by atoms with van der Waals surface area (Å²) in [6.07, 6.45) is 0.822. The van der Waals surface area contributed by atoms with E-state index in [0.29, 0.717) is 18.0 Å². The van der Waals surface area contributed by atoms with Gasteiger partial charge in [-0.25, -0.2) is 4.79 Å². The summed E-state index contributed by atoms with van der Waals surface area (Å²) < 4.78 is 8.63. The molecule has 1 aliphatic heterocycles. The monoisotopic (exact) mass is 329 g/mol. The highest BCUT2D eigenvalue weighted by Gasteiger charge is 2.30. The van der Waals surface area contributed by atoms with Gasteiger partial charge in [-0.05, 0) is 25.5 Å². The first-order valence-electron chi connectivity index (χ1n) is 8.10. The summed E-state index contributed by atoms with van der Waals surface area (Å²) in [4.78, 5) is 26.8. The lowest BCUT2D eigenvalue weighted by Crippen LogP contribution is -2.46. The van der Waals surface area contributed by atoms with Crippen LogP contribution in [0.4, 0.5) is 5.82 Å². The second-order valence-corrected chi connectivity index (χ2v) is 6.47. The summed E-state index contributed by atoms with van der Waals surface area (Å²) in [5.74, 6) is 1.47. The summed E-state index contributed by atoms with van der Waals surface area (Å²) >= 11 is 0. The minimum atomic E-state index is -0.300. The topological polar surface area (TPSA) is 56.5 Å². The predicted molar refractivity (Wildman–Crippen MR) is 94.2 cm³/mol. The normalized spacial score (nSPS) is 16.8. The zero-order chi connectivity index (χ0) is 17.4. The first-order valence-corrected chi connectivity index (χ1v) is 8.10. The quantitative estimate of drug-likeness (QED) is 0.854. The average molecular weight is 329 g/mol. The van der Waals surface area contributed by atoms with Gasteiger partial charge in [0.05, 0.1) is 12.2 Å². The number of aryl methyl sites for hydroxylation is 1. The van der Waals surface area contributed by atoms with Gasteiger partial charge in [0, 0.05) is 33.6 Å². The molecule has 1 atom stereocenters. The molecule has 2 heterocycles. The van der Waals surface area contributed by atoms with E-state index < -0.39 is 0 Å². The van der Waals surface area contributed by atoms with Crippen LogP contribution in [0.1, 0.15) is 23.5 Å². The van der Waals surface area contributed by atoms with Gasteiger partial charge in [0.25, 0.3) is 5.56 Å². The molecule has 3 rings (SSSR count). The van der Waals surface area contributed by atoms with E-state index in [-0.39, 0.29) is 17.2 Å². The Morgan fingerprint density at radius 3 is 2.42 bits per heavy atom. The minimum absolute atomic E-state index is 0.0250. The Hall–Kier alpha value is -2.50. The summed E-state index contributed by atoms with van der Waals surface area (Å²) in [5, 5.41) is 0. The molecule has 1 aromatic carbocycles. The maximum absolute atomic E-state index is 12.7. The van der Waals surface area contributed by atoms with Crippen molar-refractivity contribution < 1.29 is 4.74 Å². The Balaban J connectivity index is 1.96. The van der Waals surface area contributed by atoms with E-state index in [1.807, 2.05) is 43.1 Å². The molecule has 0 bridgehead atoms. The van der Waals surface area contributed by atoms with Crippen molar-refractivity contribution >= 4 is 5.82 Å². The number of ether oxygens (including phenoxy) is 1. The SMILES string of the molecule is Cc1ccc(OCC2CCN(C)c3c2c(=O)n(C)c(=O)n3C)cc1. The largest absolute Gasteiger partial charge is 0.493 e. The molecule has 0 saturated carbocycles. The van der Waals surface area contributed by atoms with Gasteiger partial charge in [0.2, 0.25) is 0 Å². The van der Waals surface area contributed by atoms with Crippen LogP contribution in [-0.2, 0) is 14.1 Å². The van der Waals surface area contributed by atoms with Gasteiger partial charge in [0.15, 0.2) is 0 Å². The molecule has 1 aliphatic rings. The van der Waals surface area contributed by atoms with Crippen LogP contribution >= 0.6 is 0 Å². The van der Waals surface area contributed by atoms with Crippen LogP contribution in [-0.4, -0.2) is 29.3 Å². The maximum Gasteiger partial charge on any atom is 0.332 e. The average Bonchev–Trinajstić information content (AvgIpc) is 2.58. The molecule has 0 radical (unpaired) electrons. The van der Waals surface area contributed by atoms with E-state index in [9.17, 15) is 9.59 Å². The van der Waals surface area contributed by atoms with Gasteiger partial charge in [0.1, 0.15) is 11.6 Å². The summed E-state index contributed by atoms with van der Waals surface area (Å²) in [7, 11) is 5.15. The van der Waals surface area contributed by atoms with Crippen molar-refractivity contribution in [2.24, 2.45) is 14.1 Å². The molecule has 0 spiro atoms. The van der Waals surface area contributed by atoms with Crippen molar-refractivity contribution in [2.45, 2.75) is 19.3 Å². The molecular weight excluding hydrogens is 306 g/mol. The van der Waals surface area contributed by atoms with Gasteiger partial charge in [-0.1, -0.05) is 17.7 Å². The van der Waals surface area contributed by atoms with Crippen molar-refractivity contribution in [1.29, 1.82) is 0 Å². The molecule has 0 saturated heterocycles. The number of fused-ring (bicyclic) bond motifs is 1. The van der Waals surface area contributed by atoms with E-state index in [1.165, 1.54) is 17.2 Å². The van der Waals surface area contributed by atoms with Gasteiger partial charge in [-0.2, -0.15) is 0 Å². The van der Waals surface area contributed by atoms with Crippen molar-refractivity contribution in [3.63, 3.8) is 0 Å². The molecule has 2 aromatic rings. The lowest BCUT2D eigenvalue weighted by atomic mass is 9.93. The number of hydrogen-bond acceptors (Lipinski definition) is 4. The number of benzene rings is 1. The van der Waals surface area contributed by atoms with Crippen LogP contribution in [0.25, 0.3) is 0 Å². The lowest BCUT2D eigenvalue weighted by Gasteiger charge is -2.33. The van der Waals surface area contributed by atoms with Gasteiger partial charge < -0.3 is 9.64 Å². The van der Waals surface area contributed by atoms with Crippen molar-refractivity contribution in [3.05, 3.63) is 56.2 Å². The third-order valence-electron chi connectivity index (χ3n) is 4.72. The van der Waals surface area contributed by atoms with Crippen LogP contribution < -0.4 is 20.9 Å². The van der Waals surface area contributed by atoms with Crippen molar-refractivity contribution in [3.8, 4) is 5.75 Å². The first kappa shape index (κ1) is 16.4. The zero-order valence-corrected chi connectivity index (χ0v) is 14.6. The fourth-order valence-electron chi connectivity index (χ4n) is 3.28. The molecule has 0 amide bonds. The van der Waals surface area contributed by atoms with E-state index in [2.05, 4.69) is 0 Å². The molecule has 6 nitrogen and oxygen atoms in total. The fraction of sp³-hybridized carbons (Fsp3) is 0.444. The van der Waals surface area contributed by atoms with E-state index >= 15 is 0 Å². The van der Waals surface area contributed by atoms with Crippen LogP contribution in [0.2, 0.25) is 0 Å². The summed E-state index contributed by atoms with van der Waals surface area (Å²) in [5.41, 5.74) is 1.32. The Morgan fingerprint density at radius 1 is 1.08 bits per heavy atom. The number of anilines is 1. The third-order valence-corrected chi connectivity index (χ3v) is 4.72. The van der Waals surface area contributed by atoms with Crippen LogP contribution in [0.15, 0.2) is 33.9 Å². The molecule has 0 aliphatic carbocycles. The van der Waals surface area contributed by atoms with Crippen LogP contribution in [0.5, 0.6) is 5.75 Å². The highest BCUT2D eigenvalue weighted by molar-refractivity contribution is 5.50. The molecule has 24 heavy (non-hydrogen) atoms. The van der Waals surface area contributed by atoms with Crippen LogP contribution in [0, 0.1) is 6.92 Å². The predicted octanol–water partition coefficient (Wildman–Crippen LogP) is 1.39. The van der Waals surface area contributed by atoms with E-state index in [4.69, 9.17) is 4.74 Å². The molecule has 6 heteroatoms. The molecular formula is C18H23N3O3. The molecule has 0 N–H and O–H groups in total. The second-order valence-electron chi connectivity index (χ2n) is 6.47. The van der Waals surface area contributed by atoms with Crippen molar-refractivity contribution in [1.82, 2.24) is 9.13 Å². The molecule has 128 valence electrons. The van der Waals surface area contributed by atoms with E-state index in [0.717, 1.165) is 18.7 Å². The Kier molecular flexibility index (Phi) is 4.22. The minimum Gasteiger partial charge on any atom is -0.493 e. The summed E-state index contributed by atoms with van der Waals surface area (Å²) in [6, 6.07) is 7.87. The third kappa shape index (κ3) is 2.72. The highest BCUT2D eigenvalue weighted by Crippen LogP contribution is 2.31. The van der Waals surface area contributed by atoms with Crippen LogP contribution in [0.3, 0.4) is 0 Å². The fourth-order valence-corrected chi connectivity index (χ4v) is 3.28. The van der Waals surface area contributed by atoms with Crippen molar-refractivity contribution in [2.75, 3.05) is 25.1 Å². The Morgan fingerprint density at radius 2 is 1.75 bits per heavy atom. The standard InChI is InChI=1S/C18H23N3O3/c1-12-5-7-14(8-6-12)24-11-13-9-10-19(2)16-15(13)17(22)21(4)18(23)20(16)3/h5-8,13H,9-11H2,1-4H3. The van der Waals surface area contributed by atoms with Gasteiger partial charge >= 0.3 is 5.69 Å². The van der Waals surface area contributed by atoms with Gasteiger partial charge in [-0.15, -0.1) is 0 Å². The number of nitrogens with zero attached hydrogens (tertiary/aromatic N) is 3. The van der Waals surface area contributed by atoms with Gasteiger partial charge in [-0.3, -0.25) is 13.9 Å². The molecule has 1 aromatic heterocycles. The Bertz CT molecular complexity index is 865. The smallest absolute Gasteiger partial charge is 0.332 e. The lowest BCUT2D eigenvalue weighted by molar-refractivity contribution is 0.277. The number of rotatable bonds is 3. The maximum atomic E-state index is 12.7. The molecule has 0 fully saturated rings. The first-order chi connectivity index (χ1) is 11.4.